The minimum Gasteiger partial charge on any atom is -0.381 e. The molecule has 1 aromatic rings. The van der Waals surface area contributed by atoms with Crippen LogP contribution in [0.25, 0.3) is 0 Å². The first-order chi connectivity index (χ1) is 8.99. The molecular weight excluding hydrogens is 263 g/mol. The summed E-state index contributed by atoms with van der Waals surface area (Å²) >= 11 is 1.00. The van der Waals surface area contributed by atoms with Crippen LogP contribution in [-0.2, 0) is 4.79 Å². The molecule has 0 aliphatic carbocycles. The molecule has 0 aromatic heterocycles. The van der Waals surface area contributed by atoms with Gasteiger partial charge in [0, 0.05) is 11.7 Å². The summed E-state index contributed by atoms with van der Waals surface area (Å²) in [5.41, 5.74) is 1.52. The van der Waals surface area contributed by atoms with Gasteiger partial charge in [-0.25, -0.2) is 4.39 Å². The third-order valence-corrected chi connectivity index (χ3v) is 3.25. The molecule has 0 aliphatic rings. The summed E-state index contributed by atoms with van der Waals surface area (Å²) in [5.74, 6) is -0.293. The van der Waals surface area contributed by atoms with Gasteiger partial charge in [0.05, 0.1) is 0 Å². The highest BCUT2D eigenvalue weighted by Crippen LogP contribution is 2.17. The molecule has 1 atom stereocenters. The van der Waals surface area contributed by atoms with E-state index in [0.29, 0.717) is 5.70 Å². The quantitative estimate of drug-likeness (QED) is 0.679. The van der Waals surface area contributed by atoms with Crippen LogP contribution in [0.3, 0.4) is 0 Å². The molecule has 0 aliphatic heterocycles. The molecule has 0 spiro atoms. The fourth-order valence-corrected chi connectivity index (χ4v) is 2.02. The molecule has 100 valence electrons. The Balaban J connectivity index is 2.89. The zero-order valence-corrected chi connectivity index (χ0v) is 11.8. The number of hydrogen-bond donors (Lipinski definition) is 1. The summed E-state index contributed by atoms with van der Waals surface area (Å²) in [7, 11) is 0. The second kappa shape index (κ2) is 6.95. The Bertz CT molecular complexity index is 531. The molecule has 1 rings (SSSR count). The van der Waals surface area contributed by atoms with Gasteiger partial charge < -0.3 is 5.32 Å². The molecule has 1 unspecified atom stereocenters. The molecule has 0 amide bonds. The van der Waals surface area contributed by atoms with Gasteiger partial charge in [0.15, 0.2) is 0 Å². The SMILES string of the molecule is CSC(=O)/C(C#N)=C(/C)NC(C)c1ccc(F)cc1. The number of carbonyl (C=O) groups is 1. The minimum absolute atomic E-state index is 0.112. The van der Waals surface area contributed by atoms with E-state index in [1.807, 2.05) is 13.0 Å². The van der Waals surface area contributed by atoms with Crippen LogP contribution in [0.2, 0.25) is 0 Å². The normalized spacial score (nSPS) is 13.2. The lowest BCUT2D eigenvalue weighted by atomic mass is 10.1. The van der Waals surface area contributed by atoms with E-state index in [4.69, 9.17) is 5.26 Å². The number of nitriles is 1. The van der Waals surface area contributed by atoms with Gasteiger partial charge in [-0.15, -0.1) is 0 Å². The number of benzene rings is 1. The molecule has 19 heavy (non-hydrogen) atoms. The molecule has 0 radical (unpaired) electrons. The lowest BCUT2D eigenvalue weighted by Gasteiger charge is -2.16. The summed E-state index contributed by atoms with van der Waals surface area (Å²) in [6.07, 6.45) is 1.64. The van der Waals surface area contributed by atoms with Crippen molar-refractivity contribution in [3.05, 3.63) is 46.9 Å². The molecular formula is C14H15FN2OS. The van der Waals surface area contributed by atoms with E-state index >= 15 is 0 Å². The van der Waals surface area contributed by atoms with Crippen LogP contribution in [0, 0.1) is 17.1 Å². The number of hydrogen-bond acceptors (Lipinski definition) is 4. The molecule has 5 heteroatoms. The Labute approximate surface area is 116 Å². The molecule has 0 fully saturated rings. The summed E-state index contributed by atoms with van der Waals surface area (Å²) in [4.78, 5) is 11.5. The van der Waals surface area contributed by atoms with Gasteiger partial charge in [-0.2, -0.15) is 5.26 Å². The van der Waals surface area contributed by atoms with Crippen LogP contribution < -0.4 is 5.32 Å². The number of rotatable bonds is 4. The van der Waals surface area contributed by atoms with Crippen molar-refractivity contribution in [3.63, 3.8) is 0 Å². The topological polar surface area (TPSA) is 52.9 Å². The average molecular weight is 278 g/mol. The van der Waals surface area contributed by atoms with Crippen molar-refractivity contribution >= 4 is 16.9 Å². The summed E-state index contributed by atoms with van der Waals surface area (Å²) in [6.45, 7) is 3.57. The van der Waals surface area contributed by atoms with Crippen LogP contribution in [-0.4, -0.2) is 11.4 Å². The van der Waals surface area contributed by atoms with Gasteiger partial charge in [-0.05, 0) is 37.8 Å². The van der Waals surface area contributed by atoms with Crippen LogP contribution in [0.15, 0.2) is 35.5 Å². The number of halogens is 1. The third kappa shape index (κ3) is 4.11. The lowest BCUT2D eigenvalue weighted by Crippen LogP contribution is -2.19. The Kier molecular flexibility index (Phi) is 5.58. The smallest absolute Gasteiger partial charge is 0.231 e. The van der Waals surface area contributed by atoms with E-state index in [9.17, 15) is 9.18 Å². The van der Waals surface area contributed by atoms with Crippen LogP contribution in [0.4, 0.5) is 4.39 Å². The zero-order chi connectivity index (χ0) is 14.4. The molecule has 0 bridgehead atoms. The Morgan fingerprint density at radius 1 is 1.42 bits per heavy atom. The highest BCUT2D eigenvalue weighted by Gasteiger charge is 2.13. The standard InChI is InChI=1S/C14H15FN2OS/c1-9(11-4-6-12(15)7-5-11)17-10(2)13(8-16)14(18)19-3/h4-7,9,17H,1-3H3/b13-10-. The fraction of sp³-hybridized carbons (Fsp3) is 0.286. The largest absolute Gasteiger partial charge is 0.381 e. The van der Waals surface area contributed by atoms with E-state index in [2.05, 4.69) is 5.32 Å². The van der Waals surface area contributed by atoms with Crippen molar-refractivity contribution in [2.45, 2.75) is 19.9 Å². The van der Waals surface area contributed by atoms with Gasteiger partial charge >= 0.3 is 0 Å². The number of nitrogens with zero attached hydrogens (tertiary/aromatic N) is 1. The van der Waals surface area contributed by atoms with Crippen molar-refractivity contribution in [1.29, 1.82) is 5.26 Å². The van der Waals surface area contributed by atoms with E-state index < -0.39 is 0 Å². The fourth-order valence-electron chi connectivity index (χ4n) is 1.62. The van der Waals surface area contributed by atoms with Crippen molar-refractivity contribution in [3.8, 4) is 6.07 Å². The van der Waals surface area contributed by atoms with E-state index in [1.165, 1.54) is 12.1 Å². The van der Waals surface area contributed by atoms with Crippen LogP contribution in [0.1, 0.15) is 25.5 Å². The predicted molar refractivity (Wildman–Crippen MR) is 74.8 cm³/mol. The second-order valence-corrected chi connectivity index (χ2v) is 4.80. The Morgan fingerprint density at radius 2 is 2.00 bits per heavy atom. The zero-order valence-electron chi connectivity index (χ0n) is 11.0. The maximum atomic E-state index is 12.8. The Hall–Kier alpha value is -1.80. The second-order valence-electron chi connectivity index (χ2n) is 4.02. The first kappa shape index (κ1) is 15.3. The van der Waals surface area contributed by atoms with Crippen molar-refractivity contribution in [1.82, 2.24) is 5.32 Å². The van der Waals surface area contributed by atoms with Gasteiger partial charge in [0.1, 0.15) is 17.5 Å². The van der Waals surface area contributed by atoms with Crippen molar-refractivity contribution < 1.29 is 9.18 Å². The van der Waals surface area contributed by atoms with E-state index in [-0.39, 0.29) is 22.5 Å². The third-order valence-electron chi connectivity index (χ3n) is 2.68. The summed E-state index contributed by atoms with van der Waals surface area (Å²) in [5, 5.41) is 11.8. The number of allylic oxidation sites excluding steroid dienone is 1. The predicted octanol–water partition coefficient (Wildman–Crippen LogP) is 3.16. The highest BCUT2D eigenvalue weighted by molar-refractivity contribution is 8.13. The minimum atomic E-state index is -0.293. The van der Waals surface area contributed by atoms with Crippen LogP contribution in [0.5, 0.6) is 0 Å². The highest BCUT2D eigenvalue weighted by atomic mass is 32.2. The van der Waals surface area contributed by atoms with Crippen LogP contribution >= 0.6 is 11.8 Å². The molecule has 3 nitrogen and oxygen atoms in total. The van der Waals surface area contributed by atoms with Crippen molar-refractivity contribution in [2.24, 2.45) is 0 Å². The van der Waals surface area contributed by atoms with E-state index in [0.717, 1.165) is 17.3 Å². The first-order valence-electron chi connectivity index (χ1n) is 5.71. The van der Waals surface area contributed by atoms with Gasteiger partial charge in [-0.3, -0.25) is 4.79 Å². The van der Waals surface area contributed by atoms with E-state index in [1.54, 1.807) is 25.3 Å². The molecule has 0 heterocycles. The first-order valence-corrected chi connectivity index (χ1v) is 6.93. The molecule has 1 aromatic carbocycles. The lowest BCUT2D eigenvalue weighted by molar-refractivity contribution is -0.107. The average Bonchev–Trinajstić information content (AvgIpc) is 2.39. The van der Waals surface area contributed by atoms with Gasteiger partial charge in [0.2, 0.25) is 5.12 Å². The van der Waals surface area contributed by atoms with Gasteiger partial charge in [0.25, 0.3) is 0 Å². The number of thioether (sulfide) groups is 1. The molecule has 0 saturated carbocycles. The maximum absolute atomic E-state index is 12.8. The summed E-state index contributed by atoms with van der Waals surface area (Å²) in [6, 6.07) is 7.89. The monoisotopic (exact) mass is 278 g/mol. The molecule has 0 saturated heterocycles. The summed E-state index contributed by atoms with van der Waals surface area (Å²) < 4.78 is 12.8. The molecule has 1 N–H and O–H groups in total. The Morgan fingerprint density at radius 3 is 2.47 bits per heavy atom. The number of nitrogens with one attached hydrogen (secondary N) is 1. The number of carbonyl (C=O) groups excluding carboxylic acids is 1. The van der Waals surface area contributed by atoms with Gasteiger partial charge in [-0.1, -0.05) is 23.9 Å². The van der Waals surface area contributed by atoms with Crippen molar-refractivity contribution in [2.75, 3.05) is 6.26 Å². The maximum Gasteiger partial charge on any atom is 0.231 e.